The van der Waals surface area contributed by atoms with Crippen molar-refractivity contribution in [1.29, 1.82) is 0 Å². The summed E-state index contributed by atoms with van der Waals surface area (Å²) < 4.78 is 0. The van der Waals surface area contributed by atoms with Gasteiger partial charge < -0.3 is 10.6 Å². The zero-order chi connectivity index (χ0) is 17.7. The van der Waals surface area contributed by atoms with Gasteiger partial charge in [0.1, 0.15) is 11.7 Å². The predicted molar refractivity (Wildman–Crippen MR) is 93.8 cm³/mol. The van der Waals surface area contributed by atoms with Gasteiger partial charge in [0.25, 0.3) is 5.91 Å². The molecule has 2 aromatic rings. The maximum absolute atomic E-state index is 12.4. The van der Waals surface area contributed by atoms with Gasteiger partial charge in [-0.3, -0.25) is 14.7 Å². The molecule has 0 aliphatic carbocycles. The molecule has 0 bridgehead atoms. The van der Waals surface area contributed by atoms with Crippen molar-refractivity contribution >= 4 is 23.4 Å². The van der Waals surface area contributed by atoms with Crippen molar-refractivity contribution < 1.29 is 9.59 Å². The summed E-state index contributed by atoms with van der Waals surface area (Å²) in [4.78, 5) is 24.3. The summed E-state index contributed by atoms with van der Waals surface area (Å²) >= 11 is 6.14. The van der Waals surface area contributed by atoms with E-state index in [1.807, 2.05) is 32.0 Å². The van der Waals surface area contributed by atoms with E-state index in [4.69, 9.17) is 11.6 Å². The minimum absolute atomic E-state index is 0.220. The maximum atomic E-state index is 12.4. The van der Waals surface area contributed by atoms with Crippen LogP contribution in [0.3, 0.4) is 0 Å². The molecule has 1 atom stereocenters. The lowest BCUT2D eigenvalue weighted by molar-refractivity contribution is -0.122. The van der Waals surface area contributed by atoms with E-state index >= 15 is 0 Å². The molecule has 1 aromatic heterocycles. The van der Waals surface area contributed by atoms with Gasteiger partial charge in [0, 0.05) is 12.6 Å². The molecule has 6 nitrogen and oxygen atoms in total. The van der Waals surface area contributed by atoms with Crippen LogP contribution in [0.15, 0.2) is 30.3 Å². The van der Waals surface area contributed by atoms with E-state index in [2.05, 4.69) is 20.8 Å². The molecule has 24 heavy (non-hydrogen) atoms. The van der Waals surface area contributed by atoms with E-state index < -0.39 is 6.04 Å². The number of nitrogens with one attached hydrogen (secondary N) is 3. The average molecular weight is 349 g/mol. The second-order valence-corrected chi connectivity index (χ2v) is 6.32. The number of amides is 2. The van der Waals surface area contributed by atoms with Crippen LogP contribution in [0.25, 0.3) is 11.3 Å². The molecule has 0 fully saturated rings. The highest BCUT2D eigenvalue weighted by molar-refractivity contribution is 6.33. The SMILES string of the molecule is CNC(=O)[C@H](CC(C)C)NC(=O)c1cc(-c2ccccc2Cl)n[nH]1. The van der Waals surface area contributed by atoms with Crippen LogP contribution in [-0.4, -0.2) is 35.1 Å². The summed E-state index contributed by atoms with van der Waals surface area (Å²) in [6.45, 7) is 3.99. The number of H-pyrrole nitrogens is 1. The first-order valence-electron chi connectivity index (χ1n) is 7.75. The number of hydrogen-bond donors (Lipinski definition) is 3. The van der Waals surface area contributed by atoms with Crippen molar-refractivity contribution in [2.45, 2.75) is 26.3 Å². The first-order chi connectivity index (χ1) is 11.4. The lowest BCUT2D eigenvalue weighted by Gasteiger charge is -2.18. The Morgan fingerprint density at radius 2 is 2.00 bits per heavy atom. The second kappa shape index (κ2) is 7.97. The standard InChI is InChI=1S/C17H21ClN4O2/c1-10(2)8-14(16(23)19-3)20-17(24)15-9-13(21-22-15)11-6-4-5-7-12(11)18/h4-7,9-10,14H,8H2,1-3H3,(H,19,23)(H,20,24)(H,21,22)/t14-/m0/s1. The molecule has 0 aliphatic heterocycles. The smallest absolute Gasteiger partial charge is 0.269 e. The van der Waals surface area contributed by atoms with E-state index in [0.29, 0.717) is 17.1 Å². The lowest BCUT2D eigenvalue weighted by atomic mass is 10.0. The molecule has 3 N–H and O–H groups in total. The number of aromatic nitrogens is 2. The monoisotopic (exact) mass is 348 g/mol. The number of nitrogens with zero attached hydrogens (tertiary/aromatic N) is 1. The van der Waals surface area contributed by atoms with Gasteiger partial charge in [-0.05, 0) is 24.5 Å². The first-order valence-corrected chi connectivity index (χ1v) is 8.13. The minimum Gasteiger partial charge on any atom is -0.357 e. The van der Waals surface area contributed by atoms with Gasteiger partial charge in [-0.1, -0.05) is 43.6 Å². The third kappa shape index (κ3) is 4.35. The summed E-state index contributed by atoms with van der Waals surface area (Å²) in [5, 5.41) is 12.7. The Hall–Kier alpha value is -2.34. The fourth-order valence-electron chi connectivity index (χ4n) is 2.36. The van der Waals surface area contributed by atoms with E-state index in [1.54, 1.807) is 19.2 Å². The topological polar surface area (TPSA) is 86.9 Å². The van der Waals surface area contributed by atoms with E-state index in [0.717, 1.165) is 5.56 Å². The van der Waals surface area contributed by atoms with Gasteiger partial charge >= 0.3 is 0 Å². The molecule has 0 radical (unpaired) electrons. The molecule has 2 amide bonds. The van der Waals surface area contributed by atoms with Crippen LogP contribution in [0.4, 0.5) is 0 Å². The Kier molecular flexibility index (Phi) is 5.98. The van der Waals surface area contributed by atoms with Gasteiger partial charge in [-0.15, -0.1) is 0 Å². The summed E-state index contributed by atoms with van der Waals surface area (Å²) in [6.07, 6.45) is 0.553. The number of likely N-dealkylation sites (N-methyl/N-ethyl adjacent to an activating group) is 1. The van der Waals surface area contributed by atoms with E-state index in [1.165, 1.54) is 0 Å². The highest BCUT2D eigenvalue weighted by Gasteiger charge is 2.22. The van der Waals surface area contributed by atoms with E-state index in [9.17, 15) is 9.59 Å². The van der Waals surface area contributed by atoms with Crippen LogP contribution in [-0.2, 0) is 4.79 Å². The quantitative estimate of drug-likeness (QED) is 0.750. The summed E-state index contributed by atoms with van der Waals surface area (Å²) in [6, 6.07) is 8.29. The normalized spacial score (nSPS) is 12.0. The second-order valence-electron chi connectivity index (χ2n) is 5.92. The minimum atomic E-state index is -0.588. The van der Waals surface area contributed by atoms with Crippen LogP contribution in [0, 0.1) is 5.92 Å². The largest absolute Gasteiger partial charge is 0.357 e. The lowest BCUT2D eigenvalue weighted by Crippen LogP contribution is -2.46. The van der Waals surface area contributed by atoms with E-state index in [-0.39, 0.29) is 23.4 Å². The number of rotatable bonds is 6. The number of carbonyl (C=O) groups excluding carboxylic acids is 2. The molecule has 0 spiro atoms. The fourth-order valence-corrected chi connectivity index (χ4v) is 2.59. The Bertz CT molecular complexity index is 727. The molecule has 1 heterocycles. The number of aromatic amines is 1. The van der Waals surface area contributed by atoms with Gasteiger partial charge in [0.2, 0.25) is 5.91 Å². The third-order valence-electron chi connectivity index (χ3n) is 3.55. The molecule has 0 unspecified atom stereocenters. The summed E-state index contributed by atoms with van der Waals surface area (Å²) in [7, 11) is 1.55. The molecule has 0 saturated heterocycles. The Labute approximate surface area is 146 Å². The molecule has 2 rings (SSSR count). The van der Waals surface area contributed by atoms with Crippen LogP contribution < -0.4 is 10.6 Å². The maximum Gasteiger partial charge on any atom is 0.269 e. The van der Waals surface area contributed by atoms with Crippen molar-refractivity contribution in [2.24, 2.45) is 5.92 Å². The van der Waals surface area contributed by atoms with Crippen LogP contribution >= 0.6 is 11.6 Å². The molecular formula is C17H21ClN4O2. The molecule has 0 saturated carbocycles. The van der Waals surface area contributed by atoms with Crippen molar-refractivity contribution in [2.75, 3.05) is 7.05 Å². The fraction of sp³-hybridized carbons (Fsp3) is 0.353. The Morgan fingerprint density at radius 3 is 2.62 bits per heavy atom. The third-order valence-corrected chi connectivity index (χ3v) is 3.88. The Balaban J connectivity index is 2.15. The number of halogens is 1. The van der Waals surface area contributed by atoms with Crippen molar-refractivity contribution in [1.82, 2.24) is 20.8 Å². The number of hydrogen-bond acceptors (Lipinski definition) is 3. The zero-order valence-electron chi connectivity index (χ0n) is 13.9. The molecular weight excluding hydrogens is 328 g/mol. The van der Waals surface area contributed by atoms with Gasteiger partial charge in [0.05, 0.1) is 10.7 Å². The van der Waals surface area contributed by atoms with Gasteiger partial charge in [-0.25, -0.2) is 0 Å². The predicted octanol–water partition coefficient (Wildman–Crippen LogP) is 2.62. The highest BCUT2D eigenvalue weighted by atomic mass is 35.5. The summed E-state index contributed by atoms with van der Waals surface area (Å²) in [5.41, 5.74) is 1.59. The molecule has 1 aromatic carbocycles. The van der Waals surface area contributed by atoms with Crippen LogP contribution in [0.2, 0.25) is 5.02 Å². The van der Waals surface area contributed by atoms with Gasteiger partial charge in [0.15, 0.2) is 0 Å². The molecule has 0 aliphatic rings. The average Bonchev–Trinajstić information content (AvgIpc) is 3.03. The van der Waals surface area contributed by atoms with Crippen LogP contribution in [0.5, 0.6) is 0 Å². The zero-order valence-corrected chi connectivity index (χ0v) is 14.6. The number of carbonyl (C=O) groups is 2. The number of benzene rings is 1. The van der Waals surface area contributed by atoms with Crippen molar-refractivity contribution in [3.05, 3.63) is 41.0 Å². The Morgan fingerprint density at radius 1 is 1.29 bits per heavy atom. The summed E-state index contributed by atoms with van der Waals surface area (Å²) in [5.74, 6) is -0.328. The van der Waals surface area contributed by atoms with Crippen molar-refractivity contribution in [3.8, 4) is 11.3 Å². The van der Waals surface area contributed by atoms with Crippen LogP contribution in [0.1, 0.15) is 30.8 Å². The van der Waals surface area contributed by atoms with Gasteiger partial charge in [-0.2, -0.15) is 5.10 Å². The first kappa shape index (κ1) is 18.0. The highest BCUT2D eigenvalue weighted by Crippen LogP contribution is 2.26. The molecule has 7 heteroatoms. The van der Waals surface area contributed by atoms with Crippen molar-refractivity contribution in [3.63, 3.8) is 0 Å². The molecule has 128 valence electrons.